The summed E-state index contributed by atoms with van der Waals surface area (Å²) in [5.74, 6) is -2.09. The average molecular weight is 443 g/mol. The molecule has 8 heteroatoms. The number of carbonyl (C=O) groups is 2. The molecule has 1 atom stereocenters. The molecule has 2 aromatic rings. The maximum Gasteiger partial charge on any atom is 0.295 e. The van der Waals surface area contributed by atoms with E-state index in [9.17, 15) is 19.1 Å². The maximum absolute atomic E-state index is 14.0. The average Bonchev–Trinajstić information content (AvgIpc) is 3.03. The summed E-state index contributed by atoms with van der Waals surface area (Å²) < 4.78 is 30.0. The van der Waals surface area contributed by atoms with Crippen molar-refractivity contribution in [2.24, 2.45) is 0 Å². The quantitative estimate of drug-likeness (QED) is 0.381. The molecule has 1 N–H and O–H groups in total. The fraction of sp³-hybridized carbons (Fsp3) is 0.333. The van der Waals surface area contributed by atoms with Gasteiger partial charge >= 0.3 is 0 Å². The lowest BCUT2D eigenvalue weighted by atomic mass is 9.95. The number of aliphatic hydroxyl groups is 1. The highest BCUT2D eigenvalue weighted by Crippen LogP contribution is 2.41. The van der Waals surface area contributed by atoms with Crippen molar-refractivity contribution in [3.63, 3.8) is 0 Å². The van der Waals surface area contributed by atoms with E-state index in [0.29, 0.717) is 11.3 Å². The van der Waals surface area contributed by atoms with Crippen molar-refractivity contribution in [2.45, 2.75) is 26.0 Å². The number of halogens is 1. The van der Waals surface area contributed by atoms with Gasteiger partial charge in [-0.25, -0.2) is 4.39 Å². The largest absolute Gasteiger partial charge is 0.507 e. The summed E-state index contributed by atoms with van der Waals surface area (Å²) in [6.07, 6.45) is -0.0568. The molecule has 32 heavy (non-hydrogen) atoms. The molecule has 1 fully saturated rings. The number of nitrogens with zero attached hydrogens (tertiary/aromatic N) is 1. The van der Waals surface area contributed by atoms with Crippen molar-refractivity contribution in [3.05, 3.63) is 65.0 Å². The lowest BCUT2D eigenvalue weighted by molar-refractivity contribution is -0.140. The van der Waals surface area contributed by atoms with Crippen molar-refractivity contribution >= 4 is 17.4 Å². The lowest BCUT2D eigenvalue weighted by Crippen LogP contribution is -2.33. The zero-order valence-electron chi connectivity index (χ0n) is 18.4. The summed E-state index contributed by atoms with van der Waals surface area (Å²) in [5, 5.41) is 11.1. The van der Waals surface area contributed by atoms with Crippen LogP contribution in [-0.2, 0) is 14.3 Å². The van der Waals surface area contributed by atoms with Crippen LogP contribution in [0.4, 0.5) is 4.39 Å². The van der Waals surface area contributed by atoms with E-state index in [4.69, 9.17) is 14.2 Å². The molecule has 170 valence electrons. The molecule has 0 spiro atoms. The number of hydrogen-bond donors (Lipinski definition) is 1. The Morgan fingerprint density at radius 3 is 2.53 bits per heavy atom. The Hall–Kier alpha value is -3.39. The Labute approximate surface area is 186 Å². The molecule has 1 heterocycles. The summed E-state index contributed by atoms with van der Waals surface area (Å²) in [6, 6.07) is 9.54. The minimum atomic E-state index is -0.908. The smallest absolute Gasteiger partial charge is 0.295 e. The Kier molecular flexibility index (Phi) is 7.15. The molecule has 0 bridgehead atoms. The number of benzene rings is 2. The van der Waals surface area contributed by atoms with Crippen LogP contribution in [-0.4, -0.2) is 55.2 Å². The molecule has 1 amide bonds. The molecule has 0 aliphatic carbocycles. The van der Waals surface area contributed by atoms with E-state index in [-0.39, 0.29) is 36.1 Å². The van der Waals surface area contributed by atoms with Crippen LogP contribution in [0.5, 0.6) is 11.5 Å². The van der Waals surface area contributed by atoms with Crippen molar-refractivity contribution in [1.29, 1.82) is 0 Å². The number of rotatable bonds is 8. The van der Waals surface area contributed by atoms with Gasteiger partial charge in [0.05, 0.1) is 44.1 Å². The van der Waals surface area contributed by atoms with E-state index in [1.165, 1.54) is 31.3 Å². The second-order valence-corrected chi connectivity index (χ2v) is 7.53. The van der Waals surface area contributed by atoms with Crippen LogP contribution in [0.25, 0.3) is 5.76 Å². The van der Waals surface area contributed by atoms with Gasteiger partial charge < -0.3 is 24.2 Å². The number of methoxy groups -OCH3 is 2. The third-order valence-corrected chi connectivity index (χ3v) is 5.15. The summed E-state index contributed by atoms with van der Waals surface area (Å²) in [5.41, 5.74) is 0.388. The zero-order valence-corrected chi connectivity index (χ0v) is 18.4. The van der Waals surface area contributed by atoms with E-state index in [2.05, 4.69) is 0 Å². The highest BCUT2D eigenvalue weighted by molar-refractivity contribution is 6.46. The van der Waals surface area contributed by atoms with Gasteiger partial charge in [0.1, 0.15) is 23.1 Å². The summed E-state index contributed by atoms with van der Waals surface area (Å²) in [6.45, 7) is 4.06. The molecule has 1 aliphatic rings. The fourth-order valence-electron chi connectivity index (χ4n) is 3.67. The molecule has 2 aromatic carbocycles. The van der Waals surface area contributed by atoms with Gasteiger partial charge in [-0.3, -0.25) is 9.59 Å². The van der Waals surface area contributed by atoms with Gasteiger partial charge in [0, 0.05) is 6.54 Å². The molecule has 0 radical (unpaired) electrons. The molecule has 3 rings (SSSR count). The summed E-state index contributed by atoms with van der Waals surface area (Å²) in [4.78, 5) is 27.3. The predicted octanol–water partition coefficient (Wildman–Crippen LogP) is 3.69. The number of amides is 1. The first-order chi connectivity index (χ1) is 15.3. The van der Waals surface area contributed by atoms with E-state index in [1.807, 2.05) is 13.8 Å². The van der Waals surface area contributed by atoms with E-state index >= 15 is 0 Å². The predicted molar refractivity (Wildman–Crippen MR) is 116 cm³/mol. The van der Waals surface area contributed by atoms with Gasteiger partial charge in [0.25, 0.3) is 11.7 Å². The van der Waals surface area contributed by atoms with Crippen LogP contribution in [0.2, 0.25) is 0 Å². The summed E-state index contributed by atoms with van der Waals surface area (Å²) >= 11 is 0. The Balaban J connectivity index is 2.17. The lowest BCUT2D eigenvalue weighted by Gasteiger charge is -2.26. The van der Waals surface area contributed by atoms with Crippen LogP contribution in [0.3, 0.4) is 0 Å². The zero-order chi connectivity index (χ0) is 23.4. The third-order valence-electron chi connectivity index (χ3n) is 5.15. The highest BCUT2D eigenvalue weighted by Gasteiger charge is 2.46. The molecule has 0 aromatic heterocycles. The minimum Gasteiger partial charge on any atom is -0.507 e. The number of carbonyl (C=O) groups excluding carboxylic acids is 2. The summed E-state index contributed by atoms with van der Waals surface area (Å²) in [7, 11) is 2.87. The molecule has 0 saturated carbocycles. The van der Waals surface area contributed by atoms with Gasteiger partial charge in [-0.2, -0.15) is 0 Å². The first-order valence-corrected chi connectivity index (χ1v) is 10.2. The normalized spacial score (nSPS) is 17.8. The molecule has 1 saturated heterocycles. The number of aliphatic hydroxyl groups excluding tert-OH is 1. The van der Waals surface area contributed by atoms with Crippen LogP contribution in [0.15, 0.2) is 48.0 Å². The Morgan fingerprint density at radius 2 is 1.88 bits per heavy atom. The van der Waals surface area contributed by atoms with Crippen molar-refractivity contribution in [3.8, 4) is 11.5 Å². The first-order valence-electron chi connectivity index (χ1n) is 10.2. The van der Waals surface area contributed by atoms with Crippen molar-refractivity contribution in [1.82, 2.24) is 4.90 Å². The molecular formula is C24H26FNO6. The highest BCUT2D eigenvalue weighted by atomic mass is 19.1. The molecule has 1 aliphatic heterocycles. The second-order valence-electron chi connectivity index (χ2n) is 7.53. The third kappa shape index (κ3) is 4.60. The Bertz CT molecular complexity index is 1050. The topological polar surface area (TPSA) is 85.3 Å². The number of ether oxygens (including phenoxy) is 3. The van der Waals surface area contributed by atoms with E-state index in [0.717, 1.165) is 6.07 Å². The first kappa shape index (κ1) is 23.3. The van der Waals surface area contributed by atoms with E-state index in [1.54, 1.807) is 24.3 Å². The van der Waals surface area contributed by atoms with Gasteiger partial charge in [0.15, 0.2) is 0 Å². The second kappa shape index (κ2) is 9.82. The minimum absolute atomic E-state index is 0.0168. The fourth-order valence-corrected chi connectivity index (χ4v) is 3.67. The van der Waals surface area contributed by atoms with Crippen LogP contribution >= 0.6 is 0 Å². The molecular weight excluding hydrogens is 417 g/mol. The number of likely N-dealkylation sites (tertiary alicyclic amines) is 1. The van der Waals surface area contributed by atoms with Crippen molar-refractivity contribution < 1.29 is 33.3 Å². The van der Waals surface area contributed by atoms with Gasteiger partial charge in [-0.05, 0) is 49.7 Å². The maximum atomic E-state index is 14.0. The monoisotopic (exact) mass is 443 g/mol. The van der Waals surface area contributed by atoms with Gasteiger partial charge in [0.2, 0.25) is 0 Å². The molecule has 7 nitrogen and oxygen atoms in total. The van der Waals surface area contributed by atoms with Gasteiger partial charge in [-0.15, -0.1) is 0 Å². The number of ketones is 1. The van der Waals surface area contributed by atoms with Crippen LogP contribution in [0.1, 0.15) is 31.0 Å². The van der Waals surface area contributed by atoms with Gasteiger partial charge in [-0.1, -0.05) is 12.1 Å². The number of hydrogen-bond acceptors (Lipinski definition) is 6. The van der Waals surface area contributed by atoms with Crippen LogP contribution in [0, 0.1) is 5.82 Å². The number of Topliss-reactive ketones (excluding diaryl/α,β-unsaturated/α-hetero) is 1. The SMILES string of the molecule is COc1cccc(C2/C(=C(\O)c3cc(F)ccc3OC)C(=O)C(=O)N2CCOC(C)C)c1. The van der Waals surface area contributed by atoms with Crippen LogP contribution < -0.4 is 9.47 Å². The van der Waals surface area contributed by atoms with E-state index < -0.39 is 29.3 Å². The standard InChI is InChI=1S/C24H26FNO6/c1-14(2)32-11-10-26-21(15-6-5-7-17(12-15)30-3)20(23(28)24(26)29)22(27)18-13-16(25)8-9-19(18)31-4/h5-9,12-14,21,27H,10-11H2,1-4H3/b22-20+. The molecule has 1 unspecified atom stereocenters. The van der Waals surface area contributed by atoms with Crippen molar-refractivity contribution in [2.75, 3.05) is 27.4 Å². The Morgan fingerprint density at radius 1 is 1.12 bits per heavy atom.